The molecule has 0 atom stereocenters. The van der Waals surface area contributed by atoms with Crippen LogP contribution in [0.25, 0.3) is 11.4 Å². The summed E-state index contributed by atoms with van der Waals surface area (Å²) in [4.78, 5) is 12.2. The number of halogens is 4. The van der Waals surface area contributed by atoms with Crippen LogP contribution in [0.4, 0.5) is 35.0 Å². The summed E-state index contributed by atoms with van der Waals surface area (Å²) < 4.78 is 58.9. The Morgan fingerprint density at radius 2 is 1.80 bits per heavy atom. The van der Waals surface area contributed by atoms with Gasteiger partial charge in [0.1, 0.15) is 17.4 Å². The van der Waals surface area contributed by atoms with Crippen LogP contribution in [0.3, 0.4) is 0 Å². The molecule has 0 aliphatic heterocycles. The van der Waals surface area contributed by atoms with Gasteiger partial charge in [-0.2, -0.15) is 23.1 Å². The number of nitrogens with zero attached hydrogens (tertiary/aromatic N) is 4. The molecule has 2 aromatic heterocycles. The smallest absolute Gasteiger partial charge is 0.416 e. The molecule has 0 amide bonds. The molecule has 35 heavy (non-hydrogen) atoms. The number of ether oxygens (including phenoxy) is 1. The zero-order chi connectivity index (χ0) is 25.6. The van der Waals surface area contributed by atoms with E-state index in [1.54, 1.807) is 6.26 Å². The predicted octanol–water partition coefficient (Wildman–Crippen LogP) is 6.29. The Hall–Kier alpha value is -3.87. The van der Waals surface area contributed by atoms with Crippen LogP contribution in [-0.2, 0) is 6.18 Å². The van der Waals surface area contributed by atoms with Gasteiger partial charge in [0, 0.05) is 17.8 Å². The number of nitrogens with one attached hydrogen (secondary N) is 2. The van der Waals surface area contributed by atoms with Crippen LogP contribution < -0.4 is 15.8 Å². The molecule has 0 bridgehead atoms. The summed E-state index contributed by atoms with van der Waals surface area (Å²) in [7, 11) is 0. The Bertz CT molecular complexity index is 1300. The predicted molar refractivity (Wildman–Crippen MR) is 126 cm³/mol. The number of benzene rings is 2. The summed E-state index contributed by atoms with van der Waals surface area (Å²) in [6.07, 6.45) is -2.70. The van der Waals surface area contributed by atoms with E-state index in [9.17, 15) is 17.6 Å². The van der Waals surface area contributed by atoms with Gasteiger partial charge >= 0.3 is 6.18 Å². The van der Waals surface area contributed by atoms with Gasteiger partial charge < -0.3 is 15.8 Å². The Balaban J connectivity index is 0.00000167. The number of nitrogen functional groups attached to an aromatic ring is 1. The first-order chi connectivity index (χ1) is 16.7. The summed E-state index contributed by atoms with van der Waals surface area (Å²) in [5.41, 5.74) is 5.10. The number of hydrogen-bond acceptors (Lipinski definition) is 8. The minimum absolute atomic E-state index is 0.0230. The monoisotopic (exact) mass is 507 g/mol. The van der Waals surface area contributed by atoms with Crippen molar-refractivity contribution in [3.8, 4) is 23.0 Å². The van der Waals surface area contributed by atoms with E-state index >= 15 is 0 Å². The van der Waals surface area contributed by atoms with Crippen molar-refractivity contribution in [2.45, 2.75) is 25.2 Å². The lowest BCUT2D eigenvalue weighted by Gasteiger charge is -2.08. The van der Waals surface area contributed by atoms with Crippen LogP contribution in [0.1, 0.15) is 19.4 Å². The third-order valence-electron chi connectivity index (χ3n) is 4.23. The van der Waals surface area contributed by atoms with Crippen LogP contribution >= 0.6 is 11.8 Å². The molecule has 8 nitrogen and oxygen atoms in total. The van der Waals surface area contributed by atoms with Crippen molar-refractivity contribution in [2.75, 3.05) is 17.3 Å². The van der Waals surface area contributed by atoms with E-state index in [1.807, 2.05) is 13.8 Å². The quantitative estimate of drug-likeness (QED) is 0.159. The number of rotatable bonds is 6. The van der Waals surface area contributed by atoms with Gasteiger partial charge in [-0.05, 0) is 36.6 Å². The minimum atomic E-state index is -4.48. The second-order valence-electron chi connectivity index (χ2n) is 6.57. The largest absolute Gasteiger partial charge is 0.439 e. The van der Waals surface area contributed by atoms with E-state index in [0.29, 0.717) is 5.16 Å². The number of thioether (sulfide) groups is 1. The maximum absolute atomic E-state index is 14.7. The highest BCUT2D eigenvalue weighted by Crippen LogP contribution is 2.32. The van der Waals surface area contributed by atoms with Crippen LogP contribution in [0, 0.1) is 5.82 Å². The molecule has 0 unspecified atom stereocenters. The average molecular weight is 508 g/mol. The fourth-order valence-corrected chi connectivity index (χ4v) is 3.15. The molecule has 2 aromatic carbocycles. The molecule has 0 fully saturated rings. The molecule has 0 radical (unpaired) electrons. The zero-order valence-electron chi connectivity index (χ0n) is 18.8. The summed E-state index contributed by atoms with van der Waals surface area (Å²) >= 11 is 1.28. The van der Waals surface area contributed by atoms with Crippen LogP contribution in [0.2, 0.25) is 0 Å². The first kappa shape index (κ1) is 25.7. The molecular formula is C22H21F4N7OS. The summed E-state index contributed by atoms with van der Waals surface area (Å²) in [5, 5.41) is 9.50. The maximum Gasteiger partial charge on any atom is 0.416 e. The Kier molecular flexibility index (Phi) is 8.12. The van der Waals surface area contributed by atoms with Gasteiger partial charge in [0.05, 0.1) is 11.1 Å². The topological polar surface area (TPSA) is 115 Å². The van der Waals surface area contributed by atoms with E-state index in [2.05, 4.69) is 30.5 Å². The lowest BCUT2D eigenvalue weighted by atomic mass is 10.2. The average Bonchev–Trinajstić information content (AvgIpc) is 3.27. The molecule has 4 aromatic rings. The first-order valence-corrected chi connectivity index (χ1v) is 11.5. The van der Waals surface area contributed by atoms with Gasteiger partial charge in [0.25, 0.3) is 0 Å². The van der Waals surface area contributed by atoms with Crippen molar-refractivity contribution >= 4 is 29.2 Å². The van der Waals surface area contributed by atoms with E-state index in [1.165, 1.54) is 42.1 Å². The van der Waals surface area contributed by atoms with Crippen LogP contribution in [-0.4, -0.2) is 31.4 Å². The molecule has 0 saturated heterocycles. The van der Waals surface area contributed by atoms with Crippen molar-refractivity contribution in [1.29, 1.82) is 0 Å². The van der Waals surface area contributed by atoms with Crippen molar-refractivity contribution in [2.24, 2.45) is 0 Å². The number of aromatic amines is 1. The number of anilines is 3. The van der Waals surface area contributed by atoms with Crippen molar-refractivity contribution < 1.29 is 22.3 Å². The molecule has 4 N–H and O–H groups in total. The molecule has 13 heteroatoms. The fourth-order valence-electron chi connectivity index (χ4n) is 2.78. The van der Waals surface area contributed by atoms with E-state index < -0.39 is 17.6 Å². The summed E-state index contributed by atoms with van der Waals surface area (Å²) in [6, 6.07) is 10.0. The van der Waals surface area contributed by atoms with Gasteiger partial charge in [0.15, 0.2) is 11.0 Å². The van der Waals surface area contributed by atoms with Gasteiger partial charge in [-0.3, -0.25) is 5.10 Å². The van der Waals surface area contributed by atoms with E-state index in [-0.39, 0.29) is 40.5 Å². The molecule has 184 valence electrons. The highest BCUT2D eigenvalue weighted by Gasteiger charge is 2.30. The Morgan fingerprint density at radius 1 is 1.03 bits per heavy atom. The minimum Gasteiger partial charge on any atom is -0.439 e. The summed E-state index contributed by atoms with van der Waals surface area (Å²) in [6.45, 7) is 4.00. The number of H-pyrrole nitrogens is 1. The number of nitrogens with two attached hydrogens (primary N) is 1. The molecular weight excluding hydrogens is 486 g/mol. The second kappa shape index (κ2) is 11.0. The third kappa shape index (κ3) is 6.59. The van der Waals surface area contributed by atoms with Crippen molar-refractivity contribution in [3.05, 3.63) is 59.9 Å². The molecule has 0 saturated carbocycles. The molecule has 0 aliphatic rings. The number of alkyl halides is 3. The molecule has 2 heterocycles. The van der Waals surface area contributed by atoms with Gasteiger partial charge in [-0.25, -0.2) is 9.37 Å². The lowest BCUT2D eigenvalue weighted by molar-refractivity contribution is -0.137. The Labute approximate surface area is 202 Å². The Morgan fingerprint density at radius 3 is 2.49 bits per heavy atom. The standard InChI is InChI=1S/C20H15F4N7OS.C2H6/c1-33-19-27-15(25)9-16(28-19)32-12-5-6-13(14(21)8-12)17-29-18(31-30-17)26-11-4-2-3-10(7-11)20(22,23)24;1-2/h2-9H,1H3,(H2,25,27,28)(H2,26,29,30,31);1-2H3. The van der Waals surface area contributed by atoms with E-state index in [4.69, 9.17) is 10.5 Å². The van der Waals surface area contributed by atoms with Crippen LogP contribution in [0.5, 0.6) is 11.6 Å². The van der Waals surface area contributed by atoms with E-state index in [0.717, 1.165) is 18.2 Å². The first-order valence-electron chi connectivity index (χ1n) is 10.2. The summed E-state index contributed by atoms with van der Waals surface area (Å²) in [5.74, 6) is -0.0747. The molecule has 0 spiro atoms. The highest BCUT2D eigenvalue weighted by atomic mass is 32.2. The second-order valence-corrected chi connectivity index (χ2v) is 7.35. The molecule has 0 aliphatic carbocycles. The van der Waals surface area contributed by atoms with Crippen molar-refractivity contribution in [3.63, 3.8) is 0 Å². The normalized spacial score (nSPS) is 10.9. The maximum atomic E-state index is 14.7. The number of hydrogen-bond donors (Lipinski definition) is 3. The van der Waals surface area contributed by atoms with Crippen LogP contribution in [0.15, 0.2) is 53.7 Å². The molecule has 4 rings (SSSR count). The SMILES string of the molecule is CC.CSc1nc(N)cc(Oc2ccc(-c3nc(Nc4cccc(C(F)(F)F)c4)n[nH]3)c(F)c2)n1. The number of aromatic nitrogens is 5. The lowest BCUT2D eigenvalue weighted by Crippen LogP contribution is -2.05. The third-order valence-corrected chi connectivity index (χ3v) is 4.78. The fraction of sp³-hybridized carbons (Fsp3) is 0.182. The van der Waals surface area contributed by atoms with Crippen molar-refractivity contribution in [1.82, 2.24) is 25.1 Å². The van der Waals surface area contributed by atoms with Gasteiger partial charge in [0.2, 0.25) is 11.8 Å². The van der Waals surface area contributed by atoms with Gasteiger partial charge in [-0.15, -0.1) is 5.10 Å². The zero-order valence-corrected chi connectivity index (χ0v) is 19.6. The van der Waals surface area contributed by atoms with Gasteiger partial charge in [-0.1, -0.05) is 31.7 Å². The highest BCUT2D eigenvalue weighted by molar-refractivity contribution is 7.98.